The summed E-state index contributed by atoms with van der Waals surface area (Å²) in [6, 6.07) is 2.79. The molecule has 1 aliphatic rings. The SMILES string of the molecule is Cc1cc(S(N)(=O)=O)cc(NC2CCS(=O)(=O)C2)c1C. The van der Waals surface area contributed by atoms with E-state index in [0.29, 0.717) is 12.1 Å². The Morgan fingerprint density at radius 3 is 2.45 bits per heavy atom. The van der Waals surface area contributed by atoms with E-state index in [9.17, 15) is 16.8 Å². The van der Waals surface area contributed by atoms with Gasteiger partial charge in [-0.15, -0.1) is 0 Å². The van der Waals surface area contributed by atoms with Gasteiger partial charge in [-0.1, -0.05) is 0 Å². The molecule has 20 heavy (non-hydrogen) atoms. The van der Waals surface area contributed by atoms with Gasteiger partial charge in [0.15, 0.2) is 9.84 Å². The first-order valence-corrected chi connectivity index (χ1v) is 9.56. The van der Waals surface area contributed by atoms with E-state index in [1.54, 1.807) is 6.92 Å². The predicted octanol–water partition coefficient (Wildman–Crippen LogP) is 0.550. The van der Waals surface area contributed by atoms with Crippen LogP contribution in [0, 0.1) is 13.8 Å². The lowest BCUT2D eigenvalue weighted by Crippen LogP contribution is -2.22. The maximum Gasteiger partial charge on any atom is 0.238 e. The van der Waals surface area contributed by atoms with Crippen molar-refractivity contribution in [2.24, 2.45) is 5.14 Å². The van der Waals surface area contributed by atoms with Gasteiger partial charge in [0, 0.05) is 11.7 Å². The first-order valence-electron chi connectivity index (χ1n) is 6.19. The number of hydrogen-bond acceptors (Lipinski definition) is 5. The summed E-state index contributed by atoms with van der Waals surface area (Å²) in [7, 11) is -6.76. The van der Waals surface area contributed by atoms with Crippen molar-refractivity contribution in [1.29, 1.82) is 0 Å². The lowest BCUT2D eigenvalue weighted by molar-refractivity contribution is 0.597. The average molecular weight is 318 g/mol. The zero-order valence-corrected chi connectivity index (χ0v) is 13.0. The maximum absolute atomic E-state index is 11.5. The van der Waals surface area contributed by atoms with Gasteiger partial charge in [0.05, 0.1) is 16.4 Å². The predicted molar refractivity (Wildman–Crippen MR) is 78.0 cm³/mol. The van der Waals surface area contributed by atoms with Crippen molar-refractivity contribution < 1.29 is 16.8 Å². The van der Waals surface area contributed by atoms with E-state index in [0.717, 1.165) is 11.1 Å². The molecule has 8 heteroatoms. The molecule has 1 unspecified atom stereocenters. The van der Waals surface area contributed by atoms with Gasteiger partial charge in [0.2, 0.25) is 10.0 Å². The smallest absolute Gasteiger partial charge is 0.238 e. The maximum atomic E-state index is 11.5. The highest BCUT2D eigenvalue weighted by Gasteiger charge is 2.28. The minimum Gasteiger partial charge on any atom is -0.381 e. The van der Waals surface area contributed by atoms with E-state index >= 15 is 0 Å². The van der Waals surface area contributed by atoms with E-state index in [1.807, 2.05) is 6.92 Å². The Morgan fingerprint density at radius 2 is 1.95 bits per heavy atom. The Kier molecular flexibility index (Phi) is 3.83. The summed E-state index contributed by atoms with van der Waals surface area (Å²) in [5.74, 6) is 0.239. The second kappa shape index (κ2) is 5.01. The van der Waals surface area contributed by atoms with Gasteiger partial charge in [-0.3, -0.25) is 0 Å². The summed E-state index contributed by atoms with van der Waals surface area (Å²) in [4.78, 5) is 0.0314. The fourth-order valence-corrected chi connectivity index (χ4v) is 4.57. The van der Waals surface area contributed by atoms with Crippen LogP contribution in [0.5, 0.6) is 0 Å². The monoisotopic (exact) mass is 318 g/mol. The lowest BCUT2D eigenvalue weighted by atomic mass is 10.1. The van der Waals surface area contributed by atoms with Crippen molar-refractivity contribution in [1.82, 2.24) is 0 Å². The second-order valence-corrected chi connectivity index (χ2v) is 8.99. The Morgan fingerprint density at radius 1 is 1.30 bits per heavy atom. The Balaban J connectivity index is 2.35. The largest absolute Gasteiger partial charge is 0.381 e. The number of anilines is 1. The molecule has 0 spiro atoms. The molecule has 0 radical (unpaired) electrons. The van der Waals surface area contributed by atoms with Gasteiger partial charge in [-0.2, -0.15) is 0 Å². The summed E-state index contributed by atoms with van der Waals surface area (Å²) in [5.41, 5.74) is 2.30. The first kappa shape index (κ1) is 15.3. The van der Waals surface area contributed by atoms with Gasteiger partial charge < -0.3 is 5.32 Å². The third-order valence-corrected chi connectivity index (χ3v) is 6.22. The van der Waals surface area contributed by atoms with Crippen molar-refractivity contribution in [2.45, 2.75) is 31.2 Å². The summed E-state index contributed by atoms with van der Waals surface area (Å²) >= 11 is 0. The fourth-order valence-electron chi connectivity index (χ4n) is 2.27. The summed E-state index contributed by atoms with van der Waals surface area (Å²) in [6.07, 6.45) is 0.528. The van der Waals surface area contributed by atoms with Crippen molar-refractivity contribution in [3.8, 4) is 0 Å². The third kappa shape index (κ3) is 3.31. The molecule has 1 saturated heterocycles. The van der Waals surface area contributed by atoms with Crippen LogP contribution in [0.3, 0.4) is 0 Å². The Labute approximate surface area is 119 Å². The topological polar surface area (TPSA) is 106 Å². The molecule has 1 fully saturated rings. The third-order valence-electron chi connectivity index (χ3n) is 3.56. The molecule has 0 aromatic heterocycles. The molecule has 0 bridgehead atoms. The van der Waals surface area contributed by atoms with Crippen LogP contribution in [0.2, 0.25) is 0 Å². The highest BCUT2D eigenvalue weighted by atomic mass is 32.2. The number of sulfonamides is 1. The normalized spacial score (nSPS) is 21.9. The summed E-state index contributed by atoms with van der Waals surface area (Å²) in [6.45, 7) is 3.65. The highest BCUT2D eigenvalue weighted by molar-refractivity contribution is 7.91. The van der Waals surface area contributed by atoms with Crippen LogP contribution in [0.15, 0.2) is 17.0 Å². The lowest BCUT2D eigenvalue weighted by Gasteiger charge is -2.17. The molecule has 1 aliphatic heterocycles. The molecule has 1 heterocycles. The number of hydrogen-bond donors (Lipinski definition) is 2. The standard InChI is InChI=1S/C12H18N2O4S2/c1-8-5-11(20(13,17)18)6-12(9(8)2)14-10-3-4-19(15,16)7-10/h5-6,10,14H,3-4,7H2,1-2H3,(H2,13,17,18). The Bertz CT molecular complexity index is 739. The molecule has 1 aromatic carbocycles. The first-order chi connectivity index (χ1) is 9.08. The molecular formula is C12H18N2O4S2. The number of nitrogens with two attached hydrogens (primary N) is 1. The van der Waals surface area contributed by atoms with Crippen LogP contribution in [0.4, 0.5) is 5.69 Å². The molecule has 0 amide bonds. The molecule has 0 saturated carbocycles. The van der Waals surface area contributed by atoms with Crippen LogP contribution in [-0.4, -0.2) is 34.4 Å². The number of nitrogens with one attached hydrogen (secondary N) is 1. The zero-order chi connectivity index (χ0) is 15.1. The van der Waals surface area contributed by atoms with Gasteiger partial charge in [0.1, 0.15) is 0 Å². The van der Waals surface area contributed by atoms with Crippen LogP contribution < -0.4 is 10.5 Å². The highest BCUT2D eigenvalue weighted by Crippen LogP contribution is 2.26. The van der Waals surface area contributed by atoms with Crippen LogP contribution in [0.25, 0.3) is 0 Å². The van der Waals surface area contributed by atoms with Crippen LogP contribution in [0.1, 0.15) is 17.5 Å². The number of rotatable bonds is 3. The average Bonchev–Trinajstić information content (AvgIpc) is 2.63. The molecule has 3 N–H and O–H groups in total. The molecule has 2 rings (SSSR count). The van der Waals surface area contributed by atoms with E-state index in [2.05, 4.69) is 5.32 Å². The van der Waals surface area contributed by atoms with E-state index in [1.165, 1.54) is 12.1 Å². The molecular weight excluding hydrogens is 300 g/mol. The van der Waals surface area contributed by atoms with Gasteiger partial charge in [0.25, 0.3) is 0 Å². The van der Waals surface area contributed by atoms with Crippen molar-refractivity contribution in [3.05, 3.63) is 23.3 Å². The molecule has 0 aliphatic carbocycles. The van der Waals surface area contributed by atoms with Gasteiger partial charge >= 0.3 is 0 Å². The van der Waals surface area contributed by atoms with Crippen LogP contribution in [-0.2, 0) is 19.9 Å². The molecule has 1 aromatic rings. The number of benzene rings is 1. The summed E-state index contributed by atoms with van der Waals surface area (Å²) < 4.78 is 45.8. The summed E-state index contributed by atoms with van der Waals surface area (Å²) in [5, 5.41) is 8.26. The molecule has 1 atom stereocenters. The van der Waals surface area contributed by atoms with Crippen molar-refractivity contribution in [2.75, 3.05) is 16.8 Å². The molecule has 6 nitrogen and oxygen atoms in total. The number of primary sulfonamides is 1. The van der Waals surface area contributed by atoms with E-state index in [4.69, 9.17) is 5.14 Å². The van der Waals surface area contributed by atoms with Crippen molar-refractivity contribution >= 4 is 25.5 Å². The van der Waals surface area contributed by atoms with E-state index in [-0.39, 0.29) is 22.4 Å². The minimum atomic E-state index is -3.78. The number of aryl methyl sites for hydroxylation is 1. The number of sulfone groups is 1. The minimum absolute atomic E-state index is 0.0314. The van der Waals surface area contributed by atoms with Crippen molar-refractivity contribution in [3.63, 3.8) is 0 Å². The Hall–Kier alpha value is -1.12. The van der Waals surface area contributed by atoms with E-state index < -0.39 is 19.9 Å². The second-order valence-electron chi connectivity index (χ2n) is 5.20. The zero-order valence-electron chi connectivity index (χ0n) is 11.4. The molecule has 112 valence electrons. The quantitative estimate of drug-likeness (QED) is 0.846. The van der Waals surface area contributed by atoms with Gasteiger partial charge in [-0.05, 0) is 43.5 Å². The fraction of sp³-hybridized carbons (Fsp3) is 0.500. The van der Waals surface area contributed by atoms with Crippen LogP contribution >= 0.6 is 0 Å². The van der Waals surface area contributed by atoms with Gasteiger partial charge in [-0.25, -0.2) is 22.0 Å².